The predicted octanol–water partition coefficient (Wildman–Crippen LogP) is 2.24. The number of nitrogens with two attached hydrogens (primary N) is 1. The molecule has 0 saturated heterocycles. The zero-order chi connectivity index (χ0) is 10.7. The summed E-state index contributed by atoms with van der Waals surface area (Å²) < 4.78 is 6.74. The van der Waals surface area contributed by atoms with Crippen LogP contribution in [0.15, 0.2) is 22.8 Å². The Hall–Kier alpha value is -0.450. The SMILES string of the molecule is NC1CCC(OCc2ccc(Br)cn2)C1. The summed E-state index contributed by atoms with van der Waals surface area (Å²) in [4.78, 5) is 4.26. The Balaban J connectivity index is 1.80. The Morgan fingerprint density at radius 3 is 2.93 bits per heavy atom. The van der Waals surface area contributed by atoms with E-state index in [0.29, 0.717) is 18.8 Å². The van der Waals surface area contributed by atoms with Crippen LogP contribution in [0.25, 0.3) is 0 Å². The molecule has 2 N–H and O–H groups in total. The lowest BCUT2D eigenvalue weighted by molar-refractivity contribution is 0.0429. The molecule has 0 spiro atoms. The second-order valence-corrected chi connectivity index (χ2v) is 4.89. The molecule has 0 aromatic carbocycles. The van der Waals surface area contributed by atoms with Gasteiger partial charge in [0.05, 0.1) is 18.4 Å². The molecule has 1 aliphatic carbocycles. The second-order valence-electron chi connectivity index (χ2n) is 3.97. The van der Waals surface area contributed by atoms with Crippen molar-refractivity contribution in [3.63, 3.8) is 0 Å². The average Bonchev–Trinajstić information content (AvgIpc) is 2.64. The van der Waals surface area contributed by atoms with E-state index < -0.39 is 0 Å². The van der Waals surface area contributed by atoms with Crippen LogP contribution in [-0.2, 0) is 11.3 Å². The number of nitrogens with zero attached hydrogens (tertiary/aromatic N) is 1. The topological polar surface area (TPSA) is 48.1 Å². The molecule has 3 nitrogen and oxygen atoms in total. The minimum Gasteiger partial charge on any atom is -0.372 e. The first-order valence-electron chi connectivity index (χ1n) is 5.21. The number of hydrogen-bond acceptors (Lipinski definition) is 3. The van der Waals surface area contributed by atoms with E-state index in [1.807, 2.05) is 12.1 Å². The van der Waals surface area contributed by atoms with Crippen LogP contribution in [0.2, 0.25) is 0 Å². The third kappa shape index (κ3) is 3.26. The Morgan fingerprint density at radius 2 is 2.33 bits per heavy atom. The minimum atomic E-state index is 0.324. The van der Waals surface area contributed by atoms with Gasteiger partial charge in [-0.25, -0.2) is 0 Å². The van der Waals surface area contributed by atoms with Gasteiger partial charge in [0, 0.05) is 16.7 Å². The van der Waals surface area contributed by atoms with Crippen molar-refractivity contribution >= 4 is 15.9 Å². The highest BCUT2D eigenvalue weighted by molar-refractivity contribution is 9.10. The van der Waals surface area contributed by atoms with Gasteiger partial charge in [-0.2, -0.15) is 0 Å². The molecule has 0 radical (unpaired) electrons. The van der Waals surface area contributed by atoms with Crippen molar-refractivity contribution in [1.29, 1.82) is 0 Å². The summed E-state index contributed by atoms with van der Waals surface area (Å²) in [5.41, 5.74) is 6.78. The quantitative estimate of drug-likeness (QED) is 0.917. The second kappa shape index (κ2) is 5.05. The summed E-state index contributed by atoms with van der Waals surface area (Å²) in [6.07, 6.45) is 5.26. The Bertz CT molecular complexity index is 315. The van der Waals surface area contributed by atoms with Gasteiger partial charge in [0.1, 0.15) is 0 Å². The first-order valence-corrected chi connectivity index (χ1v) is 6.01. The van der Waals surface area contributed by atoms with Crippen molar-refractivity contribution in [3.05, 3.63) is 28.5 Å². The molecule has 1 heterocycles. The maximum absolute atomic E-state index is 5.81. The summed E-state index contributed by atoms with van der Waals surface area (Å²) in [6, 6.07) is 4.28. The van der Waals surface area contributed by atoms with Crippen LogP contribution in [0.3, 0.4) is 0 Å². The largest absolute Gasteiger partial charge is 0.372 e. The number of hydrogen-bond donors (Lipinski definition) is 1. The van der Waals surface area contributed by atoms with E-state index in [2.05, 4.69) is 20.9 Å². The molecule has 2 unspecified atom stereocenters. The fourth-order valence-electron chi connectivity index (χ4n) is 1.82. The maximum Gasteiger partial charge on any atom is 0.0891 e. The Morgan fingerprint density at radius 1 is 1.47 bits per heavy atom. The van der Waals surface area contributed by atoms with Crippen LogP contribution < -0.4 is 5.73 Å². The van der Waals surface area contributed by atoms with Crippen LogP contribution in [0.1, 0.15) is 25.0 Å². The molecule has 4 heteroatoms. The van der Waals surface area contributed by atoms with Gasteiger partial charge in [0.15, 0.2) is 0 Å². The molecular formula is C11H15BrN2O. The molecule has 1 fully saturated rings. The molecule has 1 aliphatic rings. The molecule has 2 rings (SSSR count). The van der Waals surface area contributed by atoms with Crippen LogP contribution in [0.4, 0.5) is 0 Å². The lowest BCUT2D eigenvalue weighted by Crippen LogP contribution is -2.17. The molecule has 1 aromatic rings. The highest BCUT2D eigenvalue weighted by Crippen LogP contribution is 2.21. The van der Waals surface area contributed by atoms with Crippen molar-refractivity contribution in [2.24, 2.45) is 5.73 Å². The standard InChI is InChI=1S/C11H15BrN2O/c12-8-1-3-10(14-6-8)7-15-11-4-2-9(13)5-11/h1,3,6,9,11H,2,4-5,7,13H2. The van der Waals surface area contributed by atoms with E-state index in [0.717, 1.165) is 29.4 Å². The number of pyridine rings is 1. The average molecular weight is 271 g/mol. The zero-order valence-corrected chi connectivity index (χ0v) is 10.1. The molecule has 15 heavy (non-hydrogen) atoms. The third-order valence-corrected chi connectivity index (χ3v) is 3.15. The molecule has 0 bridgehead atoms. The normalized spacial score (nSPS) is 25.7. The molecule has 1 saturated carbocycles. The lowest BCUT2D eigenvalue weighted by atomic mass is 10.3. The third-order valence-electron chi connectivity index (χ3n) is 2.68. The highest BCUT2D eigenvalue weighted by atomic mass is 79.9. The summed E-state index contributed by atoms with van der Waals surface area (Å²) in [6.45, 7) is 0.588. The van der Waals surface area contributed by atoms with Crippen LogP contribution in [-0.4, -0.2) is 17.1 Å². The van der Waals surface area contributed by atoms with E-state index in [1.54, 1.807) is 6.20 Å². The molecule has 1 aromatic heterocycles. The van der Waals surface area contributed by atoms with E-state index in [4.69, 9.17) is 10.5 Å². The summed E-state index contributed by atoms with van der Waals surface area (Å²) in [5.74, 6) is 0. The van der Waals surface area contributed by atoms with Crippen molar-refractivity contribution < 1.29 is 4.74 Å². The monoisotopic (exact) mass is 270 g/mol. The minimum absolute atomic E-state index is 0.324. The number of rotatable bonds is 3. The molecule has 0 amide bonds. The fourth-order valence-corrected chi connectivity index (χ4v) is 2.05. The predicted molar refractivity (Wildman–Crippen MR) is 62.3 cm³/mol. The van der Waals surface area contributed by atoms with E-state index in [-0.39, 0.29) is 0 Å². The van der Waals surface area contributed by atoms with Gasteiger partial charge >= 0.3 is 0 Å². The fraction of sp³-hybridized carbons (Fsp3) is 0.545. The summed E-state index contributed by atoms with van der Waals surface area (Å²) >= 11 is 3.35. The van der Waals surface area contributed by atoms with Gasteiger partial charge in [-0.15, -0.1) is 0 Å². The highest BCUT2D eigenvalue weighted by Gasteiger charge is 2.22. The van der Waals surface area contributed by atoms with Crippen LogP contribution in [0, 0.1) is 0 Å². The zero-order valence-electron chi connectivity index (χ0n) is 8.53. The Kier molecular flexibility index (Phi) is 3.72. The first kappa shape index (κ1) is 11.0. The lowest BCUT2D eigenvalue weighted by Gasteiger charge is -2.10. The summed E-state index contributed by atoms with van der Waals surface area (Å²) in [7, 11) is 0. The van der Waals surface area contributed by atoms with Gasteiger partial charge in [0.25, 0.3) is 0 Å². The smallest absolute Gasteiger partial charge is 0.0891 e. The van der Waals surface area contributed by atoms with Gasteiger partial charge in [-0.3, -0.25) is 4.98 Å². The van der Waals surface area contributed by atoms with Crippen molar-refractivity contribution in [1.82, 2.24) is 4.98 Å². The van der Waals surface area contributed by atoms with Crippen LogP contribution >= 0.6 is 15.9 Å². The number of aromatic nitrogens is 1. The van der Waals surface area contributed by atoms with Crippen molar-refractivity contribution in [2.45, 2.75) is 38.0 Å². The molecule has 2 atom stereocenters. The van der Waals surface area contributed by atoms with E-state index in [9.17, 15) is 0 Å². The first-order chi connectivity index (χ1) is 7.24. The molecular weight excluding hydrogens is 256 g/mol. The van der Waals surface area contributed by atoms with Gasteiger partial charge in [-0.1, -0.05) is 0 Å². The summed E-state index contributed by atoms with van der Waals surface area (Å²) in [5, 5.41) is 0. The molecule has 0 aliphatic heterocycles. The van der Waals surface area contributed by atoms with Crippen LogP contribution in [0.5, 0.6) is 0 Å². The number of halogens is 1. The molecule has 82 valence electrons. The Labute approximate surface area is 98.2 Å². The number of ether oxygens (including phenoxy) is 1. The van der Waals surface area contributed by atoms with E-state index >= 15 is 0 Å². The maximum atomic E-state index is 5.81. The van der Waals surface area contributed by atoms with E-state index in [1.165, 1.54) is 0 Å². The van der Waals surface area contributed by atoms with Gasteiger partial charge in [-0.05, 0) is 47.3 Å². The van der Waals surface area contributed by atoms with Crippen molar-refractivity contribution in [3.8, 4) is 0 Å². The van der Waals surface area contributed by atoms with Crippen molar-refractivity contribution in [2.75, 3.05) is 0 Å². The van der Waals surface area contributed by atoms with Gasteiger partial charge < -0.3 is 10.5 Å². The van der Waals surface area contributed by atoms with Gasteiger partial charge in [0.2, 0.25) is 0 Å².